The van der Waals surface area contributed by atoms with Crippen LogP contribution in [0.3, 0.4) is 0 Å². The molecule has 2 rings (SSSR count). The van der Waals surface area contributed by atoms with Gasteiger partial charge in [0.1, 0.15) is 0 Å². The highest BCUT2D eigenvalue weighted by atomic mass is 15.3. The number of aromatic nitrogens is 1. The lowest BCUT2D eigenvalue weighted by molar-refractivity contribution is 0.589. The van der Waals surface area contributed by atoms with E-state index in [1.807, 2.05) is 36.5 Å². The van der Waals surface area contributed by atoms with Gasteiger partial charge in [-0.05, 0) is 29.2 Å². The molecule has 0 fully saturated rings. The van der Waals surface area contributed by atoms with Crippen LogP contribution < -0.4 is 11.5 Å². The standard InChI is InChI=1S/C16H21N5/c1-16(2,3)13-9-10-21(12-7-5-4-6-8-12)14(13)11-19-20-15(17)18/h4-11H,1-3H3,(H4,17,18,20)/b19-11+. The first-order chi connectivity index (χ1) is 9.89. The molecule has 0 amide bonds. The molecule has 0 aliphatic carbocycles. The number of nitrogens with two attached hydrogens (primary N) is 2. The zero-order chi connectivity index (χ0) is 15.5. The monoisotopic (exact) mass is 283 g/mol. The van der Waals surface area contributed by atoms with Crippen LogP contribution >= 0.6 is 0 Å². The molecular weight excluding hydrogens is 262 g/mol. The summed E-state index contributed by atoms with van der Waals surface area (Å²) in [6.07, 6.45) is 3.72. The first-order valence-corrected chi connectivity index (χ1v) is 6.79. The molecule has 0 atom stereocenters. The zero-order valence-corrected chi connectivity index (χ0v) is 12.6. The third-order valence-electron chi connectivity index (χ3n) is 3.12. The van der Waals surface area contributed by atoms with Gasteiger partial charge in [0.25, 0.3) is 0 Å². The number of rotatable bonds is 3. The van der Waals surface area contributed by atoms with Gasteiger partial charge in [0.05, 0.1) is 11.9 Å². The van der Waals surface area contributed by atoms with E-state index in [4.69, 9.17) is 11.5 Å². The van der Waals surface area contributed by atoms with Gasteiger partial charge in [-0.1, -0.05) is 39.0 Å². The Labute approximate surface area is 125 Å². The van der Waals surface area contributed by atoms with E-state index in [-0.39, 0.29) is 11.4 Å². The topological polar surface area (TPSA) is 81.7 Å². The predicted octanol–water partition coefficient (Wildman–Crippen LogP) is 2.38. The summed E-state index contributed by atoms with van der Waals surface area (Å²) in [5, 5.41) is 7.65. The number of guanidine groups is 1. The van der Waals surface area contributed by atoms with Gasteiger partial charge < -0.3 is 16.0 Å². The fraction of sp³-hybridized carbons (Fsp3) is 0.250. The maximum atomic E-state index is 5.31. The summed E-state index contributed by atoms with van der Waals surface area (Å²) < 4.78 is 2.08. The van der Waals surface area contributed by atoms with Crippen LogP contribution in [0.15, 0.2) is 52.8 Å². The minimum absolute atomic E-state index is 0.000638. The molecule has 2 aromatic rings. The first-order valence-electron chi connectivity index (χ1n) is 6.79. The molecule has 0 spiro atoms. The number of para-hydroxylation sites is 1. The average molecular weight is 283 g/mol. The van der Waals surface area contributed by atoms with Crippen LogP contribution in [0.25, 0.3) is 5.69 Å². The predicted molar refractivity (Wildman–Crippen MR) is 87.9 cm³/mol. The maximum absolute atomic E-state index is 5.31. The summed E-state index contributed by atoms with van der Waals surface area (Å²) in [6, 6.07) is 12.2. The highest BCUT2D eigenvalue weighted by Gasteiger charge is 2.20. The van der Waals surface area contributed by atoms with E-state index in [1.54, 1.807) is 6.21 Å². The molecular formula is C16H21N5. The summed E-state index contributed by atoms with van der Waals surface area (Å²) in [6.45, 7) is 6.49. The smallest absolute Gasteiger partial charge is 0.211 e. The fourth-order valence-electron chi connectivity index (χ4n) is 2.17. The Balaban J connectivity index is 2.54. The van der Waals surface area contributed by atoms with Crippen molar-refractivity contribution in [3.8, 4) is 5.69 Å². The molecule has 1 aromatic heterocycles. The van der Waals surface area contributed by atoms with Gasteiger partial charge in [-0.2, -0.15) is 5.10 Å². The van der Waals surface area contributed by atoms with Crippen molar-refractivity contribution in [3.63, 3.8) is 0 Å². The van der Waals surface area contributed by atoms with Gasteiger partial charge in [-0.3, -0.25) is 0 Å². The normalized spacial score (nSPS) is 11.8. The lowest BCUT2D eigenvalue weighted by atomic mass is 9.87. The van der Waals surface area contributed by atoms with Gasteiger partial charge in [0, 0.05) is 11.9 Å². The Morgan fingerprint density at radius 2 is 1.76 bits per heavy atom. The van der Waals surface area contributed by atoms with Crippen LogP contribution in [-0.2, 0) is 5.41 Å². The maximum Gasteiger partial charge on any atom is 0.211 e. The van der Waals surface area contributed by atoms with E-state index in [0.717, 1.165) is 11.4 Å². The molecule has 0 unspecified atom stereocenters. The van der Waals surface area contributed by atoms with Crippen molar-refractivity contribution < 1.29 is 0 Å². The second-order valence-corrected chi connectivity index (χ2v) is 5.84. The summed E-state index contributed by atoms with van der Waals surface area (Å²) in [4.78, 5) is 0. The molecule has 0 radical (unpaired) electrons. The lowest BCUT2D eigenvalue weighted by Gasteiger charge is -2.19. The van der Waals surface area contributed by atoms with Crippen molar-refractivity contribution in [2.45, 2.75) is 26.2 Å². The average Bonchev–Trinajstić information content (AvgIpc) is 2.83. The van der Waals surface area contributed by atoms with E-state index < -0.39 is 0 Å². The SMILES string of the molecule is CC(C)(C)c1ccn(-c2ccccc2)c1/C=N/N=C(N)N. The van der Waals surface area contributed by atoms with Crippen molar-refractivity contribution in [1.29, 1.82) is 0 Å². The fourth-order valence-corrected chi connectivity index (χ4v) is 2.17. The van der Waals surface area contributed by atoms with Crippen molar-refractivity contribution >= 4 is 12.2 Å². The molecule has 21 heavy (non-hydrogen) atoms. The van der Waals surface area contributed by atoms with Crippen LogP contribution in [0.2, 0.25) is 0 Å². The van der Waals surface area contributed by atoms with E-state index in [2.05, 4.69) is 41.6 Å². The van der Waals surface area contributed by atoms with E-state index >= 15 is 0 Å². The van der Waals surface area contributed by atoms with Crippen molar-refractivity contribution in [3.05, 3.63) is 53.9 Å². The zero-order valence-electron chi connectivity index (χ0n) is 12.6. The lowest BCUT2D eigenvalue weighted by Crippen LogP contribution is -2.21. The van der Waals surface area contributed by atoms with Gasteiger partial charge >= 0.3 is 0 Å². The third kappa shape index (κ3) is 3.51. The summed E-state index contributed by atoms with van der Waals surface area (Å²) in [5.41, 5.74) is 13.8. The van der Waals surface area contributed by atoms with Gasteiger partial charge in [0.2, 0.25) is 5.96 Å². The highest BCUT2D eigenvalue weighted by Crippen LogP contribution is 2.27. The Morgan fingerprint density at radius 3 is 2.33 bits per heavy atom. The van der Waals surface area contributed by atoms with Crippen molar-refractivity contribution in [2.75, 3.05) is 0 Å². The minimum atomic E-state index is -0.0543. The summed E-state index contributed by atoms with van der Waals surface area (Å²) in [7, 11) is 0. The molecule has 0 saturated carbocycles. The van der Waals surface area contributed by atoms with Gasteiger partial charge in [-0.25, -0.2) is 0 Å². The quantitative estimate of drug-likeness (QED) is 0.515. The largest absolute Gasteiger partial charge is 0.369 e. The van der Waals surface area contributed by atoms with E-state index in [1.165, 1.54) is 5.56 Å². The molecule has 110 valence electrons. The van der Waals surface area contributed by atoms with E-state index in [9.17, 15) is 0 Å². The molecule has 1 aromatic carbocycles. The third-order valence-corrected chi connectivity index (χ3v) is 3.12. The van der Waals surface area contributed by atoms with Crippen LogP contribution in [-0.4, -0.2) is 16.7 Å². The Morgan fingerprint density at radius 1 is 1.10 bits per heavy atom. The summed E-state index contributed by atoms with van der Waals surface area (Å²) in [5.74, 6) is -0.0543. The van der Waals surface area contributed by atoms with Crippen molar-refractivity contribution in [2.24, 2.45) is 21.7 Å². The molecule has 4 N–H and O–H groups in total. The molecule has 0 saturated heterocycles. The van der Waals surface area contributed by atoms with Crippen LogP contribution in [0.1, 0.15) is 32.0 Å². The molecule has 0 bridgehead atoms. The van der Waals surface area contributed by atoms with Crippen LogP contribution in [0, 0.1) is 0 Å². The highest BCUT2D eigenvalue weighted by molar-refractivity contribution is 5.83. The Kier molecular flexibility index (Phi) is 4.12. The summed E-state index contributed by atoms with van der Waals surface area (Å²) >= 11 is 0. The Bertz CT molecular complexity index is 656. The van der Waals surface area contributed by atoms with Gasteiger partial charge in [0.15, 0.2) is 0 Å². The number of hydrogen-bond donors (Lipinski definition) is 2. The molecule has 1 heterocycles. The number of hydrogen-bond acceptors (Lipinski definition) is 2. The number of nitrogens with zero attached hydrogens (tertiary/aromatic N) is 3. The molecule has 5 nitrogen and oxygen atoms in total. The Hall–Kier alpha value is -2.56. The first kappa shape index (κ1) is 14.8. The van der Waals surface area contributed by atoms with Gasteiger partial charge in [-0.15, -0.1) is 5.10 Å². The van der Waals surface area contributed by atoms with Crippen LogP contribution in [0.5, 0.6) is 0 Å². The van der Waals surface area contributed by atoms with Crippen molar-refractivity contribution in [1.82, 2.24) is 4.57 Å². The molecule has 0 aliphatic rings. The number of benzene rings is 1. The van der Waals surface area contributed by atoms with Crippen LogP contribution in [0.4, 0.5) is 0 Å². The van der Waals surface area contributed by atoms with E-state index in [0.29, 0.717) is 0 Å². The second-order valence-electron chi connectivity index (χ2n) is 5.84. The molecule has 5 heteroatoms. The minimum Gasteiger partial charge on any atom is -0.369 e. The molecule has 0 aliphatic heterocycles. The second kappa shape index (κ2) is 5.83.